The summed E-state index contributed by atoms with van der Waals surface area (Å²) in [6.45, 7) is 13.0. The van der Waals surface area contributed by atoms with Crippen LogP contribution >= 0.6 is 0 Å². The minimum Gasteiger partial charge on any atom is -0.471 e. The Hall–Kier alpha value is -1.32. The van der Waals surface area contributed by atoms with E-state index in [0.29, 0.717) is 5.88 Å². The highest BCUT2D eigenvalue weighted by atomic mass is 16.5. The van der Waals surface area contributed by atoms with Crippen molar-refractivity contribution in [1.29, 1.82) is 0 Å². The Morgan fingerprint density at radius 3 is 2.35 bits per heavy atom. The smallest absolute Gasteiger partial charge is 0.222 e. The van der Waals surface area contributed by atoms with Crippen LogP contribution in [-0.4, -0.2) is 22.1 Å². The Morgan fingerprint density at radius 1 is 1.18 bits per heavy atom. The molecule has 0 aliphatic rings. The molecule has 1 aromatic rings. The predicted octanol–water partition coefficient (Wildman–Crippen LogP) is 3.09. The highest BCUT2D eigenvalue weighted by Gasteiger charge is 2.20. The minimum absolute atomic E-state index is 0.199. The maximum Gasteiger partial charge on any atom is 0.222 e. The maximum absolute atomic E-state index is 5.96. The van der Waals surface area contributed by atoms with Crippen molar-refractivity contribution in [2.24, 2.45) is 0 Å². The number of nitrogens with one attached hydrogen (secondary N) is 1. The second-order valence-electron chi connectivity index (χ2n) is 4.80. The van der Waals surface area contributed by atoms with Crippen molar-refractivity contribution in [1.82, 2.24) is 9.97 Å². The summed E-state index contributed by atoms with van der Waals surface area (Å²) >= 11 is 0. The molecule has 4 heteroatoms. The molecule has 0 saturated carbocycles. The molecule has 0 saturated heterocycles. The van der Waals surface area contributed by atoms with E-state index in [1.54, 1.807) is 0 Å². The molecule has 0 bridgehead atoms. The van der Waals surface area contributed by atoms with Gasteiger partial charge in [0.1, 0.15) is 17.2 Å². The molecule has 0 unspecified atom stereocenters. The molecule has 17 heavy (non-hydrogen) atoms. The average molecular weight is 237 g/mol. The van der Waals surface area contributed by atoms with Gasteiger partial charge in [-0.3, -0.25) is 0 Å². The van der Waals surface area contributed by atoms with Crippen molar-refractivity contribution >= 4 is 5.82 Å². The second-order valence-corrected chi connectivity index (χ2v) is 4.80. The topological polar surface area (TPSA) is 47.0 Å². The first-order chi connectivity index (χ1) is 7.89. The van der Waals surface area contributed by atoms with Crippen molar-refractivity contribution < 1.29 is 4.74 Å². The summed E-state index contributed by atoms with van der Waals surface area (Å²) < 4.78 is 5.96. The summed E-state index contributed by atoms with van der Waals surface area (Å²) in [4.78, 5) is 8.75. The quantitative estimate of drug-likeness (QED) is 0.855. The first kappa shape index (κ1) is 13.7. The third kappa shape index (κ3) is 3.58. The van der Waals surface area contributed by atoms with Crippen LogP contribution in [0.2, 0.25) is 0 Å². The normalized spacial score (nSPS) is 11.4. The van der Waals surface area contributed by atoms with Gasteiger partial charge in [-0.25, -0.2) is 4.98 Å². The highest BCUT2D eigenvalue weighted by molar-refractivity contribution is 5.48. The molecule has 1 aromatic heterocycles. The lowest BCUT2D eigenvalue weighted by atomic mass is 10.1. The molecule has 0 aliphatic carbocycles. The summed E-state index contributed by atoms with van der Waals surface area (Å²) in [5.74, 6) is 2.27. The number of rotatable bonds is 5. The van der Waals surface area contributed by atoms with Gasteiger partial charge in [-0.2, -0.15) is 4.98 Å². The van der Waals surface area contributed by atoms with Crippen molar-refractivity contribution in [2.75, 3.05) is 11.9 Å². The molecule has 0 atom stereocenters. The molecule has 1 N–H and O–H groups in total. The summed E-state index contributed by atoms with van der Waals surface area (Å²) in [6, 6.07) is 0. The molecule has 0 fully saturated rings. The Kier molecular flexibility index (Phi) is 4.32. The number of hydrogen-bond donors (Lipinski definition) is 1. The van der Waals surface area contributed by atoms with Gasteiger partial charge >= 0.3 is 0 Å². The van der Waals surface area contributed by atoms with Crippen LogP contribution in [0.3, 0.4) is 0 Å². The van der Waals surface area contributed by atoms with E-state index in [2.05, 4.69) is 36.1 Å². The van der Waals surface area contributed by atoms with Crippen molar-refractivity contribution in [3.8, 4) is 5.88 Å². The van der Waals surface area contributed by atoms with E-state index in [1.807, 2.05) is 20.8 Å². The number of hydrogen-bond acceptors (Lipinski definition) is 4. The van der Waals surface area contributed by atoms with Gasteiger partial charge in [0.05, 0.1) is 5.56 Å². The molecule has 0 spiro atoms. The van der Waals surface area contributed by atoms with Crippen LogP contribution in [-0.2, 0) is 0 Å². The van der Waals surface area contributed by atoms with E-state index in [1.165, 1.54) is 0 Å². The summed E-state index contributed by atoms with van der Waals surface area (Å²) in [7, 11) is 0. The van der Waals surface area contributed by atoms with Crippen molar-refractivity contribution in [2.45, 2.75) is 53.6 Å². The summed E-state index contributed by atoms with van der Waals surface area (Å²) in [5, 5.41) is 3.23. The monoisotopic (exact) mass is 237 g/mol. The number of nitrogens with zero attached hydrogens (tertiary/aromatic N) is 2. The number of ether oxygens (including phenoxy) is 1. The summed E-state index contributed by atoms with van der Waals surface area (Å²) in [6.07, 6.45) is 0.937. The molecule has 1 rings (SSSR count). The van der Waals surface area contributed by atoms with Crippen molar-refractivity contribution in [3.05, 3.63) is 11.4 Å². The van der Waals surface area contributed by atoms with Crippen LogP contribution in [0.1, 0.15) is 45.5 Å². The van der Waals surface area contributed by atoms with Crippen LogP contribution < -0.4 is 10.1 Å². The van der Waals surface area contributed by atoms with E-state index in [4.69, 9.17) is 4.74 Å². The fourth-order valence-corrected chi connectivity index (χ4v) is 1.38. The van der Waals surface area contributed by atoms with Gasteiger partial charge in [0.25, 0.3) is 0 Å². The molecular formula is C13H23N3O. The molecule has 0 aliphatic heterocycles. The van der Waals surface area contributed by atoms with Crippen LogP contribution in [0.15, 0.2) is 0 Å². The van der Waals surface area contributed by atoms with Gasteiger partial charge in [-0.1, -0.05) is 6.92 Å². The van der Waals surface area contributed by atoms with E-state index in [-0.39, 0.29) is 5.60 Å². The number of anilines is 1. The Bertz CT molecular complexity index is 388. The standard InChI is InChI=1S/C13H23N3O/c1-7-13(5,6)17-12-9(3)11(14-8-2)15-10(4)16-12/h7-8H2,1-6H3,(H,14,15,16). The zero-order valence-corrected chi connectivity index (χ0v) is 11.7. The van der Waals surface area contributed by atoms with E-state index >= 15 is 0 Å². The summed E-state index contributed by atoms with van der Waals surface area (Å²) in [5.41, 5.74) is 0.772. The lowest BCUT2D eigenvalue weighted by molar-refractivity contribution is 0.0976. The largest absolute Gasteiger partial charge is 0.471 e. The lowest BCUT2D eigenvalue weighted by Gasteiger charge is -2.25. The zero-order chi connectivity index (χ0) is 13.1. The molecule has 0 radical (unpaired) electrons. The first-order valence-electron chi connectivity index (χ1n) is 6.17. The van der Waals surface area contributed by atoms with Gasteiger partial charge in [0.2, 0.25) is 5.88 Å². The zero-order valence-electron chi connectivity index (χ0n) is 11.7. The third-order valence-corrected chi connectivity index (χ3v) is 2.78. The number of aromatic nitrogens is 2. The van der Waals surface area contributed by atoms with Gasteiger partial charge < -0.3 is 10.1 Å². The van der Waals surface area contributed by atoms with Crippen LogP contribution in [0.5, 0.6) is 5.88 Å². The van der Waals surface area contributed by atoms with Gasteiger partial charge in [-0.05, 0) is 41.0 Å². The Morgan fingerprint density at radius 2 is 1.82 bits per heavy atom. The molecule has 96 valence electrons. The molecule has 0 amide bonds. The maximum atomic E-state index is 5.96. The highest BCUT2D eigenvalue weighted by Crippen LogP contribution is 2.26. The average Bonchev–Trinajstić information content (AvgIpc) is 2.25. The fourth-order valence-electron chi connectivity index (χ4n) is 1.38. The van der Waals surface area contributed by atoms with Gasteiger partial charge in [0, 0.05) is 6.54 Å². The van der Waals surface area contributed by atoms with Gasteiger partial charge in [0.15, 0.2) is 0 Å². The molecule has 0 aromatic carbocycles. The molecule has 4 nitrogen and oxygen atoms in total. The minimum atomic E-state index is -0.199. The SMILES string of the molecule is CCNc1nc(C)nc(OC(C)(C)CC)c1C. The van der Waals surface area contributed by atoms with Crippen LogP contribution in [0.25, 0.3) is 0 Å². The van der Waals surface area contributed by atoms with Gasteiger partial charge in [-0.15, -0.1) is 0 Å². The lowest BCUT2D eigenvalue weighted by Crippen LogP contribution is -2.28. The Labute approximate surface area is 104 Å². The van der Waals surface area contributed by atoms with Crippen LogP contribution in [0, 0.1) is 13.8 Å². The number of aryl methyl sites for hydroxylation is 1. The molecule has 1 heterocycles. The van der Waals surface area contributed by atoms with E-state index < -0.39 is 0 Å². The predicted molar refractivity (Wildman–Crippen MR) is 70.7 cm³/mol. The van der Waals surface area contributed by atoms with Crippen molar-refractivity contribution in [3.63, 3.8) is 0 Å². The third-order valence-electron chi connectivity index (χ3n) is 2.78. The van der Waals surface area contributed by atoms with Crippen LogP contribution in [0.4, 0.5) is 5.82 Å². The van der Waals surface area contributed by atoms with E-state index in [9.17, 15) is 0 Å². The second kappa shape index (κ2) is 5.34. The molecular weight excluding hydrogens is 214 g/mol. The van der Waals surface area contributed by atoms with E-state index in [0.717, 1.165) is 30.2 Å². The fraction of sp³-hybridized carbons (Fsp3) is 0.692. The first-order valence-corrected chi connectivity index (χ1v) is 6.17. The Balaban J connectivity index is 3.07.